The van der Waals surface area contributed by atoms with Crippen LogP contribution in [-0.2, 0) is 17.8 Å². The number of aromatic amines is 1. The Morgan fingerprint density at radius 2 is 2.13 bits per heavy atom. The number of aromatic nitrogens is 2. The van der Waals surface area contributed by atoms with Crippen LogP contribution < -0.4 is 5.32 Å². The highest BCUT2D eigenvalue weighted by molar-refractivity contribution is 5.79. The summed E-state index contributed by atoms with van der Waals surface area (Å²) in [5.41, 5.74) is 4.35. The van der Waals surface area contributed by atoms with Gasteiger partial charge in [-0.1, -0.05) is 24.3 Å². The number of fused-ring (bicyclic) bond motifs is 2. The highest BCUT2D eigenvalue weighted by Crippen LogP contribution is 2.33. The first-order chi connectivity index (χ1) is 14.7. The molecule has 1 aliphatic carbocycles. The van der Waals surface area contributed by atoms with Gasteiger partial charge in [-0.05, 0) is 67.5 Å². The van der Waals surface area contributed by atoms with Crippen LogP contribution in [0.4, 0.5) is 4.39 Å². The second-order valence-electron chi connectivity index (χ2n) is 8.60. The molecule has 0 saturated carbocycles. The number of hydrogen-bond acceptors (Lipinski definition) is 3. The third-order valence-electron chi connectivity index (χ3n) is 6.54. The van der Waals surface area contributed by atoms with E-state index in [1.807, 2.05) is 0 Å². The number of benzene rings is 2. The fourth-order valence-corrected chi connectivity index (χ4v) is 5.00. The van der Waals surface area contributed by atoms with Crippen molar-refractivity contribution in [3.8, 4) is 0 Å². The first-order valence-corrected chi connectivity index (χ1v) is 10.9. The van der Waals surface area contributed by atoms with Crippen LogP contribution >= 0.6 is 0 Å². The maximum absolute atomic E-state index is 13.3. The predicted octanol–water partition coefficient (Wildman–Crippen LogP) is 3.76. The fourth-order valence-electron chi connectivity index (χ4n) is 5.00. The molecule has 1 amide bonds. The lowest BCUT2D eigenvalue weighted by Crippen LogP contribution is -2.34. The molecular weight excluding hydrogens is 379 g/mol. The standard InChI is InChI=1S/C24H27FN4O/c25-19-8-9-21-22(12-19)28-23(27-21)13-26-24(30)18-10-11-29(15-18)14-17-6-3-5-16-4-1-2-7-20(16)17/h1-2,4,7-9,12,17-18H,3,5-6,10-11,13-15H2,(H,26,30)(H,27,28)/t17-,18+/m1/s1. The zero-order chi connectivity index (χ0) is 20.5. The van der Waals surface area contributed by atoms with Crippen LogP contribution in [0.3, 0.4) is 0 Å². The molecule has 30 heavy (non-hydrogen) atoms. The van der Waals surface area contributed by atoms with Gasteiger partial charge in [0, 0.05) is 13.1 Å². The minimum atomic E-state index is -0.298. The van der Waals surface area contributed by atoms with Crippen molar-refractivity contribution in [2.45, 2.75) is 38.1 Å². The molecule has 2 aromatic carbocycles. The SMILES string of the molecule is O=C(NCc1nc2ccc(F)cc2[nH]1)[C@H]1CCN(C[C@H]2CCCc3ccccc32)C1. The number of aryl methyl sites for hydroxylation is 1. The van der Waals surface area contributed by atoms with Crippen molar-refractivity contribution in [1.29, 1.82) is 0 Å². The molecule has 0 unspecified atom stereocenters. The Labute approximate surface area is 175 Å². The van der Waals surface area contributed by atoms with Crippen molar-refractivity contribution in [2.75, 3.05) is 19.6 Å². The van der Waals surface area contributed by atoms with E-state index in [0.29, 0.717) is 29.3 Å². The summed E-state index contributed by atoms with van der Waals surface area (Å²) >= 11 is 0. The molecule has 156 valence electrons. The number of carbonyl (C=O) groups excluding carboxylic acids is 1. The zero-order valence-corrected chi connectivity index (χ0v) is 17.0. The molecule has 5 nitrogen and oxygen atoms in total. The molecule has 1 aliphatic heterocycles. The molecule has 1 aromatic heterocycles. The fraction of sp³-hybridized carbons (Fsp3) is 0.417. The van der Waals surface area contributed by atoms with Crippen molar-refractivity contribution in [1.82, 2.24) is 20.2 Å². The summed E-state index contributed by atoms with van der Waals surface area (Å²) in [6.45, 7) is 3.16. The van der Waals surface area contributed by atoms with Gasteiger partial charge in [0.15, 0.2) is 0 Å². The van der Waals surface area contributed by atoms with Gasteiger partial charge in [0.2, 0.25) is 5.91 Å². The van der Waals surface area contributed by atoms with Crippen LogP contribution in [-0.4, -0.2) is 40.4 Å². The van der Waals surface area contributed by atoms with Gasteiger partial charge in [0.1, 0.15) is 11.6 Å². The minimum absolute atomic E-state index is 0.0191. The Morgan fingerprint density at radius 3 is 3.07 bits per heavy atom. The smallest absolute Gasteiger partial charge is 0.224 e. The number of halogens is 1. The predicted molar refractivity (Wildman–Crippen MR) is 115 cm³/mol. The van der Waals surface area contributed by atoms with Gasteiger partial charge in [0.25, 0.3) is 0 Å². The third kappa shape index (κ3) is 3.97. The Hall–Kier alpha value is -2.73. The monoisotopic (exact) mass is 406 g/mol. The summed E-state index contributed by atoms with van der Waals surface area (Å²) in [5, 5.41) is 3.00. The second-order valence-corrected chi connectivity index (χ2v) is 8.60. The van der Waals surface area contributed by atoms with Crippen LogP contribution in [0.1, 0.15) is 42.1 Å². The third-order valence-corrected chi connectivity index (χ3v) is 6.54. The van der Waals surface area contributed by atoms with Gasteiger partial charge in [-0.3, -0.25) is 4.79 Å². The largest absolute Gasteiger partial charge is 0.349 e. The molecule has 1 saturated heterocycles. The average molecular weight is 407 g/mol. The highest BCUT2D eigenvalue weighted by Gasteiger charge is 2.31. The van der Waals surface area contributed by atoms with E-state index in [4.69, 9.17) is 0 Å². The van der Waals surface area contributed by atoms with Gasteiger partial charge in [-0.25, -0.2) is 9.37 Å². The molecule has 2 atom stereocenters. The van der Waals surface area contributed by atoms with E-state index in [9.17, 15) is 9.18 Å². The highest BCUT2D eigenvalue weighted by atomic mass is 19.1. The number of rotatable bonds is 5. The normalized spacial score (nSPS) is 21.6. The molecule has 6 heteroatoms. The number of nitrogens with one attached hydrogen (secondary N) is 2. The summed E-state index contributed by atoms with van der Waals surface area (Å²) in [6.07, 6.45) is 4.57. The first kappa shape index (κ1) is 19.2. The van der Waals surface area contributed by atoms with Gasteiger partial charge in [-0.15, -0.1) is 0 Å². The Morgan fingerprint density at radius 1 is 1.23 bits per heavy atom. The summed E-state index contributed by atoms with van der Waals surface area (Å²) in [4.78, 5) is 22.6. The number of H-pyrrole nitrogens is 1. The van der Waals surface area contributed by atoms with Crippen LogP contribution in [0.15, 0.2) is 42.5 Å². The van der Waals surface area contributed by atoms with E-state index in [2.05, 4.69) is 44.5 Å². The van der Waals surface area contributed by atoms with Crippen LogP contribution in [0.5, 0.6) is 0 Å². The lowest BCUT2D eigenvalue weighted by atomic mass is 9.82. The number of carbonyl (C=O) groups is 1. The van der Waals surface area contributed by atoms with E-state index in [-0.39, 0.29) is 17.6 Å². The summed E-state index contributed by atoms with van der Waals surface area (Å²) in [5.74, 6) is 1.03. The molecule has 3 aromatic rings. The number of imidazole rings is 1. The molecule has 0 bridgehead atoms. The van der Waals surface area contributed by atoms with Crippen molar-refractivity contribution in [3.05, 3.63) is 65.2 Å². The maximum atomic E-state index is 13.3. The zero-order valence-electron chi connectivity index (χ0n) is 17.0. The molecule has 2 heterocycles. The summed E-state index contributed by atoms with van der Waals surface area (Å²) < 4.78 is 13.3. The number of likely N-dealkylation sites (tertiary alicyclic amines) is 1. The van der Waals surface area contributed by atoms with E-state index >= 15 is 0 Å². The van der Waals surface area contributed by atoms with Gasteiger partial charge < -0.3 is 15.2 Å². The Kier molecular flexibility index (Phi) is 5.25. The van der Waals surface area contributed by atoms with Crippen molar-refractivity contribution in [3.63, 3.8) is 0 Å². The molecule has 5 rings (SSSR count). The summed E-state index contributed by atoms with van der Waals surface area (Å²) in [7, 11) is 0. The van der Waals surface area contributed by atoms with Gasteiger partial charge >= 0.3 is 0 Å². The van der Waals surface area contributed by atoms with E-state index in [1.54, 1.807) is 6.07 Å². The Balaban J connectivity index is 1.15. The van der Waals surface area contributed by atoms with Crippen molar-refractivity contribution in [2.24, 2.45) is 5.92 Å². The molecule has 2 aliphatic rings. The number of hydrogen-bond donors (Lipinski definition) is 2. The van der Waals surface area contributed by atoms with Gasteiger partial charge in [0.05, 0.1) is 23.5 Å². The van der Waals surface area contributed by atoms with Crippen LogP contribution in [0.25, 0.3) is 11.0 Å². The summed E-state index contributed by atoms with van der Waals surface area (Å²) in [6, 6.07) is 13.3. The Bertz CT molecular complexity index is 1060. The minimum Gasteiger partial charge on any atom is -0.349 e. The lowest BCUT2D eigenvalue weighted by Gasteiger charge is -2.29. The lowest BCUT2D eigenvalue weighted by molar-refractivity contribution is -0.124. The average Bonchev–Trinajstić information content (AvgIpc) is 3.39. The molecule has 1 fully saturated rings. The second kappa shape index (κ2) is 8.19. The first-order valence-electron chi connectivity index (χ1n) is 10.9. The van der Waals surface area contributed by atoms with E-state index < -0.39 is 0 Å². The quantitative estimate of drug-likeness (QED) is 0.678. The van der Waals surface area contributed by atoms with E-state index in [1.165, 1.54) is 42.5 Å². The maximum Gasteiger partial charge on any atom is 0.224 e. The molecular formula is C24H27FN4O. The van der Waals surface area contributed by atoms with Gasteiger partial charge in [-0.2, -0.15) is 0 Å². The van der Waals surface area contributed by atoms with Crippen LogP contribution in [0.2, 0.25) is 0 Å². The topological polar surface area (TPSA) is 61.0 Å². The van der Waals surface area contributed by atoms with Crippen molar-refractivity contribution >= 4 is 16.9 Å². The molecule has 0 spiro atoms. The number of amides is 1. The molecule has 2 N–H and O–H groups in total. The van der Waals surface area contributed by atoms with Crippen molar-refractivity contribution < 1.29 is 9.18 Å². The van der Waals surface area contributed by atoms with Crippen LogP contribution in [0, 0.1) is 11.7 Å². The number of nitrogens with zero attached hydrogens (tertiary/aromatic N) is 2. The van der Waals surface area contributed by atoms with E-state index in [0.717, 1.165) is 26.1 Å². The molecule has 0 radical (unpaired) electrons.